The van der Waals surface area contributed by atoms with Gasteiger partial charge in [-0.25, -0.2) is 4.98 Å². The minimum Gasteiger partial charge on any atom is -0.339 e. The molecule has 2 heterocycles. The topological polar surface area (TPSA) is 38.1 Å². The molecule has 2 aromatic carbocycles. The number of likely N-dealkylation sites (tertiary alicyclic amines) is 1. The smallest absolute Gasteiger partial charge is 0.253 e. The maximum atomic E-state index is 12.7. The zero-order chi connectivity index (χ0) is 18.1. The predicted molar refractivity (Wildman–Crippen MR) is 107 cm³/mol. The zero-order valence-corrected chi connectivity index (χ0v) is 16.4. The molecule has 0 N–H and O–H groups in total. The van der Waals surface area contributed by atoms with E-state index >= 15 is 0 Å². The molecule has 1 fully saturated rings. The molecule has 0 bridgehead atoms. The molecule has 3 aromatic rings. The Hall–Kier alpha value is -2.14. The van der Waals surface area contributed by atoms with Crippen molar-refractivity contribution >= 4 is 32.9 Å². The minimum atomic E-state index is 0.139. The number of imidazole rings is 1. The van der Waals surface area contributed by atoms with Crippen LogP contribution in [0.5, 0.6) is 0 Å². The van der Waals surface area contributed by atoms with Crippen molar-refractivity contribution in [2.75, 3.05) is 13.1 Å². The summed E-state index contributed by atoms with van der Waals surface area (Å²) in [5, 5.41) is 0. The second-order valence-corrected chi connectivity index (χ2v) is 7.92. The van der Waals surface area contributed by atoms with Crippen LogP contribution in [0.1, 0.15) is 29.0 Å². The summed E-state index contributed by atoms with van der Waals surface area (Å²) in [4.78, 5) is 19.3. The second kappa shape index (κ2) is 7.23. The fourth-order valence-electron chi connectivity index (χ4n) is 3.78. The second-order valence-electron chi connectivity index (χ2n) is 7.00. The lowest BCUT2D eigenvalue weighted by molar-refractivity contribution is 0.0683. The van der Waals surface area contributed by atoms with E-state index in [9.17, 15) is 4.79 Å². The Kier molecular flexibility index (Phi) is 4.81. The Morgan fingerprint density at radius 1 is 1.12 bits per heavy atom. The van der Waals surface area contributed by atoms with Crippen molar-refractivity contribution in [3.8, 4) is 0 Å². The first-order valence-corrected chi connectivity index (χ1v) is 9.88. The van der Waals surface area contributed by atoms with E-state index in [-0.39, 0.29) is 5.91 Å². The SMILES string of the molecule is Cc1nc2ccccc2n1CC1CCN(C(=O)c2ccc(Br)cc2)CC1. The van der Waals surface area contributed by atoms with Crippen LogP contribution in [0.3, 0.4) is 0 Å². The summed E-state index contributed by atoms with van der Waals surface area (Å²) in [5.41, 5.74) is 3.04. The molecule has 134 valence electrons. The van der Waals surface area contributed by atoms with Crippen molar-refractivity contribution < 1.29 is 4.79 Å². The third-order valence-electron chi connectivity index (χ3n) is 5.28. The maximum Gasteiger partial charge on any atom is 0.253 e. The first-order valence-electron chi connectivity index (χ1n) is 9.08. The summed E-state index contributed by atoms with van der Waals surface area (Å²) in [5.74, 6) is 1.79. The molecular weight excluding hydrogens is 390 g/mol. The van der Waals surface area contributed by atoms with Crippen LogP contribution in [-0.4, -0.2) is 33.4 Å². The first-order chi connectivity index (χ1) is 12.6. The van der Waals surface area contributed by atoms with Gasteiger partial charge >= 0.3 is 0 Å². The molecule has 4 nitrogen and oxygen atoms in total. The molecule has 0 aliphatic carbocycles. The molecule has 1 saturated heterocycles. The van der Waals surface area contributed by atoms with Crippen LogP contribution in [0.2, 0.25) is 0 Å². The van der Waals surface area contributed by atoms with E-state index in [1.165, 1.54) is 5.52 Å². The predicted octanol–water partition coefficient (Wildman–Crippen LogP) is 4.66. The number of amides is 1. The average Bonchev–Trinajstić information content (AvgIpc) is 2.98. The molecule has 1 aromatic heterocycles. The number of carbonyl (C=O) groups is 1. The number of hydrogen-bond donors (Lipinski definition) is 0. The number of rotatable bonds is 3. The summed E-state index contributed by atoms with van der Waals surface area (Å²) in [7, 11) is 0. The molecule has 0 saturated carbocycles. The summed E-state index contributed by atoms with van der Waals surface area (Å²) < 4.78 is 3.32. The Balaban J connectivity index is 1.41. The molecule has 0 atom stereocenters. The summed E-state index contributed by atoms with van der Waals surface area (Å²) in [6, 6.07) is 15.9. The van der Waals surface area contributed by atoms with Crippen molar-refractivity contribution in [1.29, 1.82) is 0 Å². The average molecular weight is 412 g/mol. The van der Waals surface area contributed by atoms with Gasteiger partial charge in [0.2, 0.25) is 0 Å². The highest BCUT2D eigenvalue weighted by atomic mass is 79.9. The molecule has 1 aliphatic heterocycles. The van der Waals surface area contributed by atoms with Crippen LogP contribution < -0.4 is 0 Å². The summed E-state index contributed by atoms with van der Waals surface area (Å²) >= 11 is 3.42. The van der Waals surface area contributed by atoms with Gasteiger partial charge < -0.3 is 9.47 Å². The Morgan fingerprint density at radius 3 is 2.54 bits per heavy atom. The van der Waals surface area contributed by atoms with E-state index in [4.69, 9.17) is 0 Å². The molecule has 1 amide bonds. The van der Waals surface area contributed by atoms with E-state index < -0.39 is 0 Å². The van der Waals surface area contributed by atoms with Gasteiger partial charge in [-0.15, -0.1) is 0 Å². The van der Waals surface area contributed by atoms with Crippen molar-refractivity contribution in [3.05, 3.63) is 64.4 Å². The van der Waals surface area contributed by atoms with Gasteiger partial charge in [0.15, 0.2) is 0 Å². The van der Waals surface area contributed by atoms with E-state index in [2.05, 4.69) is 50.6 Å². The third-order valence-corrected chi connectivity index (χ3v) is 5.81. The Labute approximate surface area is 162 Å². The lowest BCUT2D eigenvalue weighted by Gasteiger charge is -2.32. The zero-order valence-electron chi connectivity index (χ0n) is 14.9. The highest BCUT2D eigenvalue weighted by Crippen LogP contribution is 2.24. The molecule has 0 spiro atoms. The number of fused-ring (bicyclic) bond motifs is 1. The van der Waals surface area contributed by atoms with Crippen LogP contribution >= 0.6 is 15.9 Å². The van der Waals surface area contributed by atoms with Gasteiger partial charge in [-0.3, -0.25) is 4.79 Å². The number of aromatic nitrogens is 2. The molecule has 0 unspecified atom stereocenters. The van der Waals surface area contributed by atoms with Crippen molar-refractivity contribution in [2.24, 2.45) is 5.92 Å². The fraction of sp³-hybridized carbons (Fsp3) is 0.333. The van der Waals surface area contributed by atoms with Crippen molar-refractivity contribution in [3.63, 3.8) is 0 Å². The lowest BCUT2D eigenvalue weighted by Crippen LogP contribution is -2.39. The summed E-state index contributed by atoms with van der Waals surface area (Å²) in [6.07, 6.45) is 2.07. The normalized spacial score (nSPS) is 15.5. The Bertz CT molecular complexity index is 924. The standard InChI is InChI=1S/C21H22BrN3O/c1-15-23-19-4-2-3-5-20(19)25(15)14-16-10-12-24(13-11-16)21(26)17-6-8-18(22)9-7-17/h2-9,16H,10-14H2,1H3. The van der Waals surface area contributed by atoms with Gasteiger partial charge in [-0.05, 0) is 62.1 Å². The van der Waals surface area contributed by atoms with Gasteiger partial charge in [0.25, 0.3) is 5.91 Å². The number of benzene rings is 2. The highest BCUT2D eigenvalue weighted by molar-refractivity contribution is 9.10. The van der Waals surface area contributed by atoms with E-state index in [1.54, 1.807) is 0 Å². The van der Waals surface area contributed by atoms with Gasteiger partial charge in [0.05, 0.1) is 11.0 Å². The highest BCUT2D eigenvalue weighted by Gasteiger charge is 2.24. The summed E-state index contributed by atoms with van der Waals surface area (Å²) in [6.45, 7) is 4.70. The van der Waals surface area contributed by atoms with Gasteiger partial charge in [-0.1, -0.05) is 28.1 Å². The van der Waals surface area contributed by atoms with Gasteiger partial charge in [0, 0.05) is 29.7 Å². The van der Waals surface area contributed by atoms with Crippen LogP contribution in [0, 0.1) is 12.8 Å². The van der Waals surface area contributed by atoms with E-state index in [0.717, 1.165) is 53.9 Å². The number of aryl methyl sites for hydroxylation is 1. The van der Waals surface area contributed by atoms with Crippen molar-refractivity contribution in [1.82, 2.24) is 14.5 Å². The largest absolute Gasteiger partial charge is 0.339 e. The minimum absolute atomic E-state index is 0.139. The quantitative estimate of drug-likeness (QED) is 0.628. The van der Waals surface area contributed by atoms with Crippen LogP contribution in [0.4, 0.5) is 0 Å². The molecule has 0 radical (unpaired) electrons. The molecule has 26 heavy (non-hydrogen) atoms. The van der Waals surface area contributed by atoms with Crippen LogP contribution in [-0.2, 0) is 6.54 Å². The van der Waals surface area contributed by atoms with Gasteiger partial charge in [0.1, 0.15) is 5.82 Å². The van der Waals surface area contributed by atoms with Crippen LogP contribution in [0.25, 0.3) is 11.0 Å². The number of piperidine rings is 1. The Morgan fingerprint density at radius 2 is 1.81 bits per heavy atom. The number of hydrogen-bond acceptors (Lipinski definition) is 2. The number of nitrogens with zero attached hydrogens (tertiary/aromatic N) is 3. The van der Waals surface area contributed by atoms with E-state index in [0.29, 0.717) is 5.92 Å². The van der Waals surface area contributed by atoms with E-state index in [1.807, 2.05) is 35.2 Å². The molecule has 5 heteroatoms. The van der Waals surface area contributed by atoms with Crippen molar-refractivity contribution in [2.45, 2.75) is 26.3 Å². The van der Waals surface area contributed by atoms with Crippen LogP contribution in [0.15, 0.2) is 53.0 Å². The lowest BCUT2D eigenvalue weighted by atomic mass is 9.96. The number of halogens is 1. The number of para-hydroxylation sites is 2. The monoisotopic (exact) mass is 411 g/mol. The van der Waals surface area contributed by atoms with Gasteiger partial charge in [-0.2, -0.15) is 0 Å². The molecular formula is C21H22BrN3O. The molecule has 1 aliphatic rings. The first kappa shape index (κ1) is 17.3. The third kappa shape index (κ3) is 3.40. The fourth-order valence-corrected chi connectivity index (χ4v) is 4.04. The molecule has 4 rings (SSSR count). The maximum absolute atomic E-state index is 12.7. The number of carbonyl (C=O) groups excluding carboxylic acids is 1.